The summed E-state index contributed by atoms with van der Waals surface area (Å²) >= 11 is 0. The van der Waals surface area contributed by atoms with Gasteiger partial charge in [0.25, 0.3) is 0 Å². The number of rotatable bonds is 4. The highest BCUT2D eigenvalue weighted by Gasteiger charge is 2.32. The first-order valence-corrected chi connectivity index (χ1v) is 7.45. The smallest absolute Gasteiger partial charge is 0.138 e. The van der Waals surface area contributed by atoms with Gasteiger partial charge in [-0.25, -0.2) is 9.67 Å². The lowest BCUT2D eigenvalue weighted by Gasteiger charge is -2.34. The van der Waals surface area contributed by atoms with Gasteiger partial charge in [-0.3, -0.25) is 0 Å². The van der Waals surface area contributed by atoms with E-state index in [1.807, 2.05) is 24.3 Å². The lowest BCUT2D eigenvalue weighted by Crippen LogP contribution is -2.39. The van der Waals surface area contributed by atoms with Gasteiger partial charge >= 0.3 is 0 Å². The van der Waals surface area contributed by atoms with E-state index in [4.69, 9.17) is 4.74 Å². The molecule has 3 rings (SSSR count). The molecule has 2 aromatic rings. The molecular weight excluding hydrogens is 266 g/mol. The fraction of sp³-hybridized carbons (Fsp3) is 0.500. The molecule has 0 spiro atoms. The summed E-state index contributed by atoms with van der Waals surface area (Å²) in [7, 11) is 0. The highest BCUT2D eigenvalue weighted by Crippen LogP contribution is 2.32. The van der Waals surface area contributed by atoms with Crippen LogP contribution in [0.5, 0.6) is 5.75 Å². The maximum atomic E-state index is 10.5. The van der Waals surface area contributed by atoms with Gasteiger partial charge in [-0.05, 0) is 55.9 Å². The van der Waals surface area contributed by atoms with Crippen molar-refractivity contribution in [3.8, 4) is 11.4 Å². The fourth-order valence-electron chi connectivity index (χ4n) is 2.70. The maximum absolute atomic E-state index is 10.5. The minimum absolute atomic E-state index is 0.363. The minimum atomic E-state index is -0.670. The van der Waals surface area contributed by atoms with E-state index in [1.54, 1.807) is 11.0 Å². The predicted molar refractivity (Wildman–Crippen MR) is 79.4 cm³/mol. The second-order valence-electron chi connectivity index (χ2n) is 6.03. The average molecular weight is 287 g/mol. The molecule has 1 saturated carbocycles. The molecule has 1 fully saturated rings. The van der Waals surface area contributed by atoms with Crippen molar-refractivity contribution in [2.24, 2.45) is 5.92 Å². The molecule has 0 radical (unpaired) electrons. The molecule has 0 bridgehead atoms. The van der Waals surface area contributed by atoms with Crippen molar-refractivity contribution in [2.45, 2.75) is 38.2 Å². The number of benzene rings is 1. The summed E-state index contributed by atoms with van der Waals surface area (Å²) in [5, 5.41) is 14.6. The van der Waals surface area contributed by atoms with Gasteiger partial charge in [-0.2, -0.15) is 5.10 Å². The van der Waals surface area contributed by atoms with Gasteiger partial charge in [-0.1, -0.05) is 6.92 Å². The summed E-state index contributed by atoms with van der Waals surface area (Å²) in [5.74, 6) is 1.48. The van der Waals surface area contributed by atoms with Crippen molar-refractivity contribution >= 4 is 0 Å². The van der Waals surface area contributed by atoms with Gasteiger partial charge in [0.05, 0.1) is 11.3 Å². The summed E-state index contributed by atoms with van der Waals surface area (Å²) in [4.78, 5) is 3.92. The highest BCUT2D eigenvalue weighted by atomic mass is 16.5. The first kappa shape index (κ1) is 14.1. The Hall–Kier alpha value is -1.88. The summed E-state index contributed by atoms with van der Waals surface area (Å²) in [6.45, 7) is 2.60. The normalized spacial score (nSPS) is 25.7. The Balaban J connectivity index is 1.58. The van der Waals surface area contributed by atoms with Crippen LogP contribution < -0.4 is 4.74 Å². The molecule has 0 unspecified atom stereocenters. The standard InChI is InChI=1S/C16H21N3O2/c1-13-6-8-16(20,9-7-13)10-21-15-4-2-14(3-5-15)19-12-17-11-18-19/h2-5,11-13,20H,6-10H2,1H3. The van der Waals surface area contributed by atoms with Gasteiger partial charge in [0, 0.05) is 0 Å². The van der Waals surface area contributed by atoms with Crippen LogP contribution in [-0.4, -0.2) is 32.1 Å². The number of nitrogens with zero attached hydrogens (tertiary/aromatic N) is 3. The summed E-state index contributed by atoms with van der Waals surface area (Å²) in [5.41, 5.74) is 0.266. The number of hydrogen-bond donors (Lipinski definition) is 1. The average Bonchev–Trinajstić information content (AvgIpc) is 3.04. The van der Waals surface area contributed by atoms with Crippen LogP contribution in [0.3, 0.4) is 0 Å². The molecule has 1 aliphatic rings. The first-order valence-electron chi connectivity index (χ1n) is 7.45. The van der Waals surface area contributed by atoms with E-state index >= 15 is 0 Å². The molecule has 1 N–H and O–H groups in total. The van der Waals surface area contributed by atoms with Crippen LogP contribution in [0.1, 0.15) is 32.6 Å². The van der Waals surface area contributed by atoms with Crippen LogP contribution in [0.4, 0.5) is 0 Å². The molecule has 21 heavy (non-hydrogen) atoms. The largest absolute Gasteiger partial charge is 0.491 e. The summed E-state index contributed by atoms with van der Waals surface area (Å²) in [6, 6.07) is 7.64. The van der Waals surface area contributed by atoms with Gasteiger partial charge in [0.2, 0.25) is 0 Å². The topological polar surface area (TPSA) is 60.2 Å². The molecule has 1 aromatic carbocycles. The molecule has 0 saturated heterocycles. The second kappa shape index (κ2) is 5.85. The van der Waals surface area contributed by atoms with E-state index in [0.29, 0.717) is 12.5 Å². The van der Waals surface area contributed by atoms with Crippen molar-refractivity contribution in [3.05, 3.63) is 36.9 Å². The van der Waals surface area contributed by atoms with Crippen LogP contribution in [-0.2, 0) is 0 Å². The summed E-state index contributed by atoms with van der Waals surface area (Å²) < 4.78 is 7.46. The lowest BCUT2D eigenvalue weighted by molar-refractivity contribution is -0.0424. The van der Waals surface area contributed by atoms with Crippen molar-refractivity contribution in [1.82, 2.24) is 14.8 Å². The number of aromatic nitrogens is 3. The van der Waals surface area contributed by atoms with Gasteiger partial charge < -0.3 is 9.84 Å². The third kappa shape index (κ3) is 3.42. The first-order chi connectivity index (χ1) is 10.1. The van der Waals surface area contributed by atoms with Crippen LogP contribution in [0.2, 0.25) is 0 Å². The Morgan fingerprint density at radius 1 is 1.29 bits per heavy atom. The number of ether oxygens (including phenoxy) is 1. The van der Waals surface area contributed by atoms with E-state index in [-0.39, 0.29) is 0 Å². The number of hydrogen-bond acceptors (Lipinski definition) is 4. The molecule has 1 aromatic heterocycles. The highest BCUT2D eigenvalue weighted by molar-refractivity contribution is 5.36. The quantitative estimate of drug-likeness (QED) is 0.939. The van der Waals surface area contributed by atoms with Crippen molar-refractivity contribution in [3.63, 3.8) is 0 Å². The second-order valence-corrected chi connectivity index (χ2v) is 6.03. The SMILES string of the molecule is CC1CCC(O)(COc2ccc(-n3cncn3)cc2)CC1. The lowest BCUT2D eigenvalue weighted by atomic mass is 9.80. The third-order valence-corrected chi connectivity index (χ3v) is 4.23. The number of aliphatic hydroxyl groups is 1. The fourth-order valence-corrected chi connectivity index (χ4v) is 2.70. The Morgan fingerprint density at radius 3 is 2.62 bits per heavy atom. The maximum Gasteiger partial charge on any atom is 0.138 e. The summed E-state index contributed by atoms with van der Waals surface area (Å²) in [6.07, 6.45) is 6.96. The predicted octanol–water partition coefficient (Wildman–Crippen LogP) is 2.59. The minimum Gasteiger partial charge on any atom is -0.491 e. The van der Waals surface area contributed by atoms with E-state index in [1.165, 1.54) is 6.33 Å². The van der Waals surface area contributed by atoms with Crippen molar-refractivity contribution in [2.75, 3.05) is 6.61 Å². The van der Waals surface area contributed by atoms with Gasteiger partial charge in [-0.15, -0.1) is 0 Å². The van der Waals surface area contributed by atoms with Crippen molar-refractivity contribution in [1.29, 1.82) is 0 Å². The molecule has 5 heteroatoms. The zero-order valence-electron chi connectivity index (χ0n) is 12.3. The molecule has 1 heterocycles. The van der Waals surface area contributed by atoms with E-state index in [9.17, 15) is 5.11 Å². The molecule has 1 aliphatic carbocycles. The van der Waals surface area contributed by atoms with E-state index in [2.05, 4.69) is 17.0 Å². The van der Waals surface area contributed by atoms with Gasteiger partial charge in [0.1, 0.15) is 25.0 Å². The van der Waals surface area contributed by atoms with E-state index < -0.39 is 5.60 Å². The van der Waals surface area contributed by atoms with Crippen LogP contribution >= 0.6 is 0 Å². The zero-order valence-corrected chi connectivity index (χ0v) is 12.3. The molecule has 112 valence electrons. The zero-order chi connectivity index (χ0) is 14.7. The van der Waals surface area contributed by atoms with Gasteiger partial charge in [0.15, 0.2) is 0 Å². The molecular formula is C16H21N3O2. The Labute approximate surface area is 124 Å². The molecule has 0 aliphatic heterocycles. The van der Waals surface area contributed by atoms with Crippen LogP contribution in [0.25, 0.3) is 5.69 Å². The van der Waals surface area contributed by atoms with Crippen molar-refractivity contribution < 1.29 is 9.84 Å². The monoisotopic (exact) mass is 287 g/mol. The van der Waals surface area contributed by atoms with Crippen LogP contribution in [0, 0.1) is 5.92 Å². The molecule has 0 amide bonds. The third-order valence-electron chi connectivity index (χ3n) is 4.23. The van der Waals surface area contributed by atoms with E-state index in [0.717, 1.165) is 37.1 Å². The Morgan fingerprint density at radius 2 is 2.00 bits per heavy atom. The molecule has 5 nitrogen and oxygen atoms in total. The Bertz CT molecular complexity index is 558. The van der Waals surface area contributed by atoms with Crippen LogP contribution in [0.15, 0.2) is 36.9 Å². The molecule has 0 atom stereocenters. The Kier molecular flexibility index (Phi) is 3.92.